The van der Waals surface area contributed by atoms with Crippen LogP contribution in [0.3, 0.4) is 0 Å². The second-order valence-electron chi connectivity index (χ2n) is 3.22. The molecule has 0 unspecified atom stereocenters. The molecule has 7 heteroatoms. The molecular formula is C9H16NO3PS2. The molecule has 92 valence electrons. The van der Waals surface area contributed by atoms with Crippen molar-refractivity contribution in [3.05, 3.63) is 11.2 Å². The van der Waals surface area contributed by atoms with Gasteiger partial charge >= 0.3 is 6.72 Å². The Morgan fingerprint density at radius 2 is 2.06 bits per heavy atom. The highest BCUT2D eigenvalue weighted by Crippen LogP contribution is 2.48. The van der Waals surface area contributed by atoms with Crippen LogP contribution in [0.25, 0.3) is 0 Å². The van der Waals surface area contributed by atoms with Crippen molar-refractivity contribution in [3.63, 3.8) is 0 Å². The number of thioether (sulfide) groups is 1. The molecule has 16 heavy (non-hydrogen) atoms. The summed E-state index contributed by atoms with van der Waals surface area (Å²) in [5.74, 6) is 1.36. The average Bonchev–Trinajstić information content (AvgIpc) is 2.28. The van der Waals surface area contributed by atoms with Crippen molar-refractivity contribution in [3.8, 4) is 6.07 Å². The largest absolute Gasteiger partial charge is 0.430 e. The van der Waals surface area contributed by atoms with Crippen LogP contribution in [0.1, 0.15) is 13.8 Å². The zero-order valence-corrected chi connectivity index (χ0v) is 12.3. The summed E-state index contributed by atoms with van der Waals surface area (Å²) in [6.07, 6.45) is 1.32. The van der Waals surface area contributed by atoms with Gasteiger partial charge in [0.2, 0.25) is 0 Å². The summed E-state index contributed by atoms with van der Waals surface area (Å²) in [5, 5.41) is 8.86. The van der Waals surface area contributed by atoms with E-state index < -0.39 is 6.72 Å². The molecule has 0 heterocycles. The van der Waals surface area contributed by atoms with E-state index in [4.69, 9.17) is 30.6 Å². The average molecular weight is 281 g/mol. The van der Waals surface area contributed by atoms with Crippen LogP contribution in [0, 0.1) is 17.2 Å². The zero-order valence-electron chi connectivity index (χ0n) is 9.80. The van der Waals surface area contributed by atoms with Gasteiger partial charge in [-0.3, -0.25) is 0 Å². The van der Waals surface area contributed by atoms with Crippen molar-refractivity contribution in [1.29, 1.82) is 5.26 Å². The van der Waals surface area contributed by atoms with E-state index in [2.05, 4.69) is 13.8 Å². The number of allylic oxidation sites excluding steroid dienone is 1. The first-order valence-corrected chi connectivity index (χ1v) is 8.14. The summed E-state index contributed by atoms with van der Waals surface area (Å²) in [6, 6.07) is 2.04. The highest BCUT2D eigenvalue weighted by molar-refractivity contribution is 8.07. The lowest BCUT2D eigenvalue weighted by Crippen LogP contribution is -1.92. The van der Waals surface area contributed by atoms with Gasteiger partial charge < -0.3 is 13.6 Å². The molecular weight excluding hydrogens is 265 g/mol. The molecule has 0 spiro atoms. The van der Waals surface area contributed by atoms with Gasteiger partial charge in [-0.15, -0.1) is 11.8 Å². The lowest BCUT2D eigenvalue weighted by molar-refractivity contribution is 0.254. The van der Waals surface area contributed by atoms with Gasteiger partial charge in [0.1, 0.15) is 17.2 Å². The van der Waals surface area contributed by atoms with Gasteiger partial charge in [0.05, 0.1) is 0 Å². The van der Waals surface area contributed by atoms with E-state index in [0.717, 1.165) is 5.75 Å². The van der Waals surface area contributed by atoms with Gasteiger partial charge in [0, 0.05) is 31.8 Å². The van der Waals surface area contributed by atoms with E-state index in [0.29, 0.717) is 10.8 Å². The molecule has 0 aromatic carbocycles. The van der Waals surface area contributed by atoms with Crippen LogP contribution in [0.15, 0.2) is 11.2 Å². The smallest absolute Gasteiger partial charge is 0.379 e. The SMILES string of the molecule is COP(=S)(OC)OC=C(C#N)SCC(C)C. The maximum Gasteiger partial charge on any atom is 0.379 e. The summed E-state index contributed by atoms with van der Waals surface area (Å²) in [6.45, 7) is 1.46. The molecule has 0 fully saturated rings. The molecule has 0 radical (unpaired) electrons. The van der Waals surface area contributed by atoms with E-state index in [1.54, 1.807) is 0 Å². The van der Waals surface area contributed by atoms with Crippen LogP contribution in [-0.2, 0) is 25.4 Å². The molecule has 0 bridgehead atoms. The molecule has 0 amide bonds. The monoisotopic (exact) mass is 281 g/mol. The Bertz CT molecular complexity index is 317. The van der Waals surface area contributed by atoms with Gasteiger partial charge in [-0.2, -0.15) is 5.26 Å². The van der Waals surface area contributed by atoms with E-state index in [-0.39, 0.29) is 0 Å². The van der Waals surface area contributed by atoms with Gasteiger partial charge in [0.15, 0.2) is 0 Å². The molecule has 0 rings (SSSR count). The van der Waals surface area contributed by atoms with Crippen molar-refractivity contribution >= 4 is 30.3 Å². The minimum absolute atomic E-state index is 0.469. The van der Waals surface area contributed by atoms with Crippen LogP contribution in [0.2, 0.25) is 0 Å². The van der Waals surface area contributed by atoms with Crippen molar-refractivity contribution in [2.75, 3.05) is 20.0 Å². The highest BCUT2D eigenvalue weighted by Gasteiger charge is 2.16. The molecule has 0 aliphatic rings. The summed E-state index contributed by atoms with van der Waals surface area (Å²) >= 11 is 6.41. The third-order valence-electron chi connectivity index (χ3n) is 1.42. The third kappa shape index (κ3) is 6.51. The normalized spacial score (nSPS) is 12.6. The number of rotatable bonds is 7. The van der Waals surface area contributed by atoms with E-state index in [1.807, 2.05) is 6.07 Å². The molecule has 4 nitrogen and oxygen atoms in total. The number of nitriles is 1. The second-order valence-corrected chi connectivity index (χ2v) is 7.46. The Hall–Kier alpha value is -0.0500. The molecule has 0 atom stereocenters. The Morgan fingerprint density at radius 1 is 1.50 bits per heavy atom. The Labute approximate surface area is 106 Å². The van der Waals surface area contributed by atoms with Gasteiger partial charge in [-0.25, -0.2) is 0 Å². The predicted molar refractivity (Wildman–Crippen MR) is 70.4 cm³/mol. The lowest BCUT2D eigenvalue weighted by Gasteiger charge is -2.15. The van der Waals surface area contributed by atoms with Crippen molar-refractivity contribution in [1.82, 2.24) is 0 Å². The first-order chi connectivity index (χ1) is 7.47. The minimum atomic E-state index is -2.70. The lowest BCUT2D eigenvalue weighted by atomic mass is 10.3. The summed E-state index contributed by atoms with van der Waals surface area (Å²) in [7, 11) is 2.84. The third-order valence-corrected chi connectivity index (χ3v) is 5.16. The van der Waals surface area contributed by atoms with Crippen molar-refractivity contribution < 1.29 is 13.6 Å². The number of hydrogen-bond acceptors (Lipinski definition) is 6. The fourth-order valence-electron chi connectivity index (χ4n) is 0.622. The van der Waals surface area contributed by atoms with E-state index in [9.17, 15) is 0 Å². The number of hydrogen-bond donors (Lipinski definition) is 0. The van der Waals surface area contributed by atoms with Gasteiger partial charge in [0.25, 0.3) is 0 Å². The summed E-state index contributed by atoms with van der Waals surface area (Å²) in [5.41, 5.74) is 0. The van der Waals surface area contributed by atoms with Crippen LogP contribution in [0.4, 0.5) is 0 Å². The minimum Gasteiger partial charge on any atom is -0.430 e. The molecule has 0 aromatic rings. The standard InChI is InChI=1S/C9H16NO3PS2/c1-8(2)7-16-9(5-10)6-13-14(15,11-3)12-4/h6,8H,7H2,1-4H3. The van der Waals surface area contributed by atoms with Crippen LogP contribution in [0.5, 0.6) is 0 Å². The highest BCUT2D eigenvalue weighted by atomic mass is 32.5. The Morgan fingerprint density at radius 3 is 2.44 bits per heavy atom. The van der Waals surface area contributed by atoms with Gasteiger partial charge in [-0.1, -0.05) is 13.8 Å². The van der Waals surface area contributed by atoms with Crippen LogP contribution >= 0.6 is 18.5 Å². The zero-order chi connectivity index (χ0) is 12.6. The van der Waals surface area contributed by atoms with Crippen LogP contribution < -0.4 is 0 Å². The summed E-state index contributed by atoms with van der Waals surface area (Å²) in [4.78, 5) is 0.469. The quantitative estimate of drug-likeness (QED) is 0.405. The number of nitrogens with zero attached hydrogens (tertiary/aromatic N) is 1. The fourth-order valence-corrected chi connectivity index (χ4v) is 2.07. The topological polar surface area (TPSA) is 51.5 Å². The Kier molecular flexibility index (Phi) is 8.08. The maximum absolute atomic E-state index is 8.86. The van der Waals surface area contributed by atoms with E-state index >= 15 is 0 Å². The molecule has 0 aliphatic carbocycles. The van der Waals surface area contributed by atoms with Crippen LogP contribution in [-0.4, -0.2) is 20.0 Å². The van der Waals surface area contributed by atoms with Crippen molar-refractivity contribution in [2.45, 2.75) is 13.8 Å². The first-order valence-electron chi connectivity index (χ1n) is 4.60. The second kappa shape index (κ2) is 8.10. The first kappa shape index (κ1) is 16.0. The molecule has 0 N–H and O–H groups in total. The van der Waals surface area contributed by atoms with E-state index in [1.165, 1.54) is 32.2 Å². The van der Waals surface area contributed by atoms with Crippen molar-refractivity contribution in [2.24, 2.45) is 5.92 Å². The molecule has 0 aliphatic heterocycles. The fraction of sp³-hybridized carbons (Fsp3) is 0.667. The summed E-state index contributed by atoms with van der Waals surface area (Å²) < 4.78 is 15.0. The Balaban J connectivity index is 4.38. The maximum atomic E-state index is 8.86. The molecule has 0 saturated heterocycles. The predicted octanol–water partition coefficient (Wildman–Crippen LogP) is 3.27. The van der Waals surface area contributed by atoms with Gasteiger partial charge in [-0.05, 0) is 5.92 Å². The molecule has 0 saturated carbocycles. The molecule has 0 aromatic heterocycles.